The van der Waals surface area contributed by atoms with Crippen molar-refractivity contribution in [3.8, 4) is 0 Å². The van der Waals surface area contributed by atoms with Crippen LogP contribution < -0.4 is 0 Å². The first-order valence-corrected chi connectivity index (χ1v) is 6.67. The van der Waals surface area contributed by atoms with Crippen LogP contribution in [0.15, 0.2) is 0 Å². The predicted molar refractivity (Wildman–Crippen MR) is 54.0 cm³/mol. The Balaban J connectivity index is 2.41. The van der Waals surface area contributed by atoms with Crippen molar-refractivity contribution in [2.75, 3.05) is 19.3 Å². The summed E-state index contributed by atoms with van der Waals surface area (Å²) in [5.74, 6) is 0. The van der Waals surface area contributed by atoms with Gasteiger partial charge in [0.2, 0.25) is 10.0 Å². The minimum atomic E-state index is -2.98. The summed E-state index contributed by atoms with van der Waals surface area (Å²) in [6.45, 7) is 5.39. The van der Waals surface area contributed by atoms with Gasteiger partial charge in [-0.1, -0.05) is 13.8 Å². The van der Waals surface area contributed by atoms with Crippen LogP contribution in [-0.4, -0.2) is 32.1 Å². The average Bonchev–Trinajstić information content (AvgIpc) is 2.67. The second-order valence-corrected chi connectivity index (χ2v) is 6.30. The van der Waals surface area contributed by atoms with Crippen molar-refractivity contribution in [1.29, 1.82) is 0 Å². The Bertz CT molecular complexity index is 267. The maximum Gasteiger partial charge on any atom is 0.211 e. The molecule has 13 heavy (non-hydrogen) atoms. The Kier molecular flexibility index (Phi) is 3.02. The molecule has 1 aliphatic carbocycles. The van der Waals surface area contributed by atoms with Crippen molar-refractivity contribution >= 4 is 10.0 Å². The molecule has 0 aromatic carbocycles. The maximum absolute atomic E-state index is 11.2. The molecule has 1 aliphatic rings. The normalized spacial score (nSPS) is 20.6. The second-order valence-electron chi connectivity index (χ2n) is 4.32. The van der Waals surface area contributed by atoms with Crippen LogP contribution in [0.4, 0.5) is 0 Å². The van der Waals surface area contributed by atoms with Crippen molar-refractivity contribution in [2.45, 2.75) is 33.1 Å². The molecule has 0 atom stereocenters. The fourth-order valence-corrected chi connectivity index (χ4v) is 2.31. The van der Waals surface area contributed by atoms with Crippen molar-refractivity contribution in [3.63, 3.8) is 0 Å². The summed E-state index contributed by atoms with van der Waals surface area (Å²) in [6.07, 6.45) is 4.81. The summed E-state index contributed by atoms with van der Waals surface area (Å²) in [4.78, 5) is 0. The number of sulfonamides is 1. The van der Waals surface area contributed by atoms with Crippen LogP contribution in [0, 0.1) is 5.41 Å². The zero-order valence-corrected chi connectivity index (χ0v) is 9.52. The van der Waals surface area contributed by atoms with Gasteiger partial charge in [-0.05, 0) is 24.7 Å². The van der Waals surface area contributed by atoms with E-state index in [0.717, 1.165) is 6.42 Å². The topological polar surface area (TPSA) is 37.4 Å². The molecule has 1 fully saturated rings. The molecule has 0 aliphatic heterocycles. The number of rotatable bonds is 5. The van der Waals surface area contributed by atoms with Gasteiger partial charge in [0.1, 0.15) is 0 Å². The number of hydrogen-bond acceptors (Lipinski definition) is 2. The minimum absolute atomic E-state index is 0.443. The van der Waals surface area contributed by atoms with Gasteiger partial charge < -0.3 is 0 Å². The molecular weight excluding hydrogens is 186 g/mol. The zero-order chi connectivity index (χ0) is 10.1. The molecule has 4 heteroatoms. The first-order chi connectivity index (χ1) is 5.87. The Labute approximate surface area is 81.2 Å². The third-order valence-corrected chi connectivity index (χ3v) is 4.27. The standard InChI is InChI=1S/C9H19NO2S/c1-4-10(13(3,11)12)8-7-9(2)5-6-9/h4-8H2,1-3H3. The van der Waals surface area contributed by atoms with Crippen LogP contribution in [0.3, 0.4) is 0 Å². The average molecular weight is 205 g/mol. The Morgan fingerprint density at radius 3 is 2.23 bits per heavy atom. The molecule has 1 saturated carbocycles. The highest BCUT2D eigenvalue weighted by Crippen LogP contribution is 2.48. The minimum Gasteiger partial charge on any atom is -0.213 e. The van der Waals surface area contributed by atoms with Gasteiger partial charge in [-0.3, -0.25) is 0 Å². The fraction of sp³-hybridized carbons (Fsp3) is 1.00. The lowest BCUT2D eigenvalue weighted by atomic mass is 10.1. The summed E-state index contributed by atoms with van der Waals surface area (Å²) in [5, 5.41) is 0. The third kappa shape index (κ3) is 3.27. The molecule has 0 aromatic rings. The molecule has 3 nitrogen and oxygen atoms in total. The Morgan fingerprint density at radius 1 is 1.38 bits per heavy atom. The van der Waals surface area contributed by atoms with E-state index in [1.54, 1.807) is 4.31 Å². The van der Waals surface area contributed by atoms with E-state index in [0.29, 0.717) is 18.5 Å². The number of hydrogen-bond donors (Lipinski definition) is 0. The molecule has 0 spiro atoms. The fourth-order valence-electron chi connectivity index (χ4n) is 1.42. The first-order valence-electron chi connectivity index (χ1n) is 4.82. The lowest BCUT2D eigenvalue weighted by molar-refractivity contribution is 0.378. The van der Waals surface area contributed by atoms with E-state index in [2.05, 4.69) is 6.92 Å². The predicted octanol–water partition coefficient (Wildman–Crippen LogP) is 1.46. The quantitative estimate of drug-likeness (QED) is 0.681. The molecule has 0 heterocycles. The lowest BCUT2D eigenvalue weighted by Gasteiger charge is -2.19. The molecule has 0 aromatic heterocycles. The highest BCUT2D eigenvalue weighted by atomic mass is 32.2. The second kappa shape index (κ2) is 3.58. The molecular formula is C9H19NO2S. The molecule has 0 unspecified atom stereocenters. The summed E-state index contributed by atoms with van der Waals surface area (Å²) in [7, 11) is -2.98. The number of nitrogens with zero attached hydrogens (tertiary/aromatic N) is 1. The van der Waals surface area contributed by atoms with Crippen molar-refractivity contribution < 1.29 is 8.42 Å². The van der Waals surface area contributed by atoms with Gasteiger partial charge in [0.25, 0.3) is 0 Å². The van der Waals surface area contributed by atoms with Crippen molar-refractivity contribution in [2.24, 2.45) is 5.41 Å². The van der Waals surface area contributed by atoms with E-state index >= 15 is 0 Å². The molecule has 0 amide bonds. The molecule has 1 rings (SSSR count). The lowest BCUT2D eigenvalue weighted by Crippen LogP contribution is -2.31. The smallest absolute Gasteiger partial charge is 0.211 e. The van der Waals surface area contributed by atoms with Crippen LogP contribution in [-0.2, 0) is 10.0 Å². The van der Waals surface area contributed by atoms with E-state index in [1.165, 1.54) is 19.1 Å². The van der Waals surface area contributed by atoms with Crippen LogP contribution >= 0.6 is 0 Å². The van der Waals surface area contributed by atoms with Gasteiger partial charge >= 0.3 is 0 Å². The summed E-state index contributed by atoms with van der Waals surface area (Å²) < 4.78 is 24.0. The monoisotopic (exact) mass is 205 g/mol. The highest BCUT2D eigenvalue weighted by molar-refractivity contribution is 7.88. The highest BCUT2D eigenvalue weighted by Gasteiger charge is 2.37. The first kappa shape index (κ1) is 11.0. The van der Waals surface area contributed by atoms with Gasteiger partial charge in [-0.15, -0.1) is 0 Å². The van der Waals surface area contributed by atoms with Gasteiger partial charge in [0.15, 0.2) is 0 Å². The Hall–Kier alpha value is -0.0900. The summed E-state index contributed by atoms with van der Waals surface area (Å²) >= 11 is 0. The largest absolute Gasteiger partial charge is 0.213 e. The van der Waals surface area contributed by atoms with Crippen LogP contribution in [0.1, 0.15) is 33.1 Å². The molecule has 0 N–H and O–H groups in total. The van der Waals surface area contributed by atoms with Crippen LogP contribution in [0.2, 0.25) is 0 Å². The SMILES string of the molecule is CCN(CCC1(C)CC1)S(C)(=O)=O. The van der Waals surface area contributed by atoms with Gasteiger partial charge in [0, 0.05) is 13.1 Å². The molecule has 0 bridgehead atoms. The van der Waals surface area contributed by atoms with Gasteiger partial charge in [-0.2, -0.15) is 0 Å². The molecule has 0 radical (unpaired) electrons. The van der Waals surface area contributed by atoms with E-state index in [4.69, 9.17) is 0 Å². The van der Waals surface area contributed by atoms with Gasteiger partial charge in [0.05, 0.1) is 6.26 Å². The molecule has 78 valence electrons. The van der Waals surface area contributed by atoms with Gasteiger partial charge in [-0.25, -0.2) is 12.7 Å². The van der Waals surface area contributed by atoms with Crippen LogP contribution in [0.5, 0.6) is 0 Å². The van der Waals surface area contributed by atoms with E-state index in [9.17, 15) is 8.42 Å². The Morgan fingerprint density at radius 2 is 1.92 bits per heavy atom. The maximum atomic E-state index is 11.2. The van der Waals surface area contributed by atoms with Crippen molar-refractivity contribution in [3.05, 3.63) is 0 Å². The van der Waals surface area contributed by atoms with E-state index < -0.39 is 10.0 Å². The zero-order valence-electron chi connectivity index (χ0n) is 8.71. The summed E-state index contributed by atoms with van der Waals surface area (Å²) in [6, 6.07) is 0. The third-order valence-electron chi connectivity index (χ3n) is 2.89. The van der Waals surface area contributed by atoms with Crippen molar-refractivity contribution in [1.82, 2.24) is 4.31 Å². The summed E-state index contributed by atoms with van der Waals surface area (Å²) in [5.41, 5.74) is 0.443. The van der Waals surface area contributed by atoms with E-state index in [1.807, 2.05) is 6.92 Å². The van der Waals surface area contributed by atoms with Crippen LogP contribution in [0.25, 0.3) is 0 Å². The molecule has 0 saturated heterocycles. The van der Waals surface area contributed by atoms with E-state index in [-0.39, 0.29) is 0 Å².